The SMILES string of the molecule is Cc1cc(Br)ccc1SCC(=O)N[C@@H](CCO)C(=O)O. The predicted molar refractivity (Wildman–Crippen MR) is 80.9 cm³/mol. The van der Waals surface area contributed by atoms with Gasteiger partial charge in [-0.2, -0.15) is 0 Å². The monoisotopic (exact) mass is 361 g/mol. The van der Waals surface area contributed by atoms with Crippen LogP contribution in [-0.2, 0) is 9.59 Å². The van der Waals surface area contributed by atoms with Crippen LogP contribution in [0.5, 0.6) is 0 Å². The molecule has 5 nitrogen and oxygen atoms in total. The zero-order valence-electron chi connectivity index (χ0n) is 10.9. The Hall–Kier alpha value is -1.05. The van der Waals surface area contributed by atoms with Gasteiger partial charge >= 0.3 is 5.97 Å². The Morgan fingerprint density at radius 2 is 2.15 bits per heavy atom. The largest absolute Gasteiger partial charge is 0.480 e. The maximum absolute atomic E-state index is 11.7. The molecule has 7 heteroatoms. The minimum Gasteiger partial charge on any atom is -0.480 e. The van der Waals surface area contributed by atoms with Crippen molar-refractivity contribution in [2.45, 2.75) is 24.3 Å². The molecule has 110 valence electrons. The minimum absolute atomic E-state index is 0.00303. The van der Waals surface area contributed by atoms with Gasteiger partial charge in [-0.15, -0.1) is 11.8 Å². The lowest BCUT2D eigenvalue weighted by Gasteiger charge is -2.13. The Bertz CT molecular complexity index is 495. The van der Waals surface area contributed by atoms with Gasteiger partial charge in [-0.1, -0.05) is 15.9 Å². The van der Waals surface area contributed by atoms with Gasteiger partial charge in [0.25, 0.3) is 0 Å². The third-order valence-electron chi connectivity index (χ3n) is 2.55. The van der Waals surface area contributed by atoms with E-state index in [1.165, 1.54) is 11.8 Å². The number of carbonyl (C=O) groups excluding carboxylic acids is 1. The number of nitrogens with one attached hydrogen (secondary N) is 1. The maximum Gasteiger partial charge on any atom is 0.326 e. The minimum atomic E-state index is -1.14. The number of aryl methyl sites for hydroxylation is 1. The summed E-state index contributed by atoms with van der Waals surface area (Å²) in [5, 5.41) is 20.0. The van der Waals surface area contributed by atoms with Gasteiger partial charge in [-0.3, -0.25) is 4.79 Å². The average Bonchev–Trinajstić information content (AvgIpc) is 2.37. The second-order valence-electron chi connectivity index (χ2n) is 4.17. The molecule has 0 spiro atoms. The number of carboxylic acid groups (broad SMARTS) is 1. The molecule has 1 rings (SSSR count). The summed E-state index contributed by atoms with van der Waals surface area (Å²) in [6.07, 6.45) is 0.00303. The van der Waals surface area contributed by atoms with Crippen molar-refractivity contribution in [3.8, 4) is 0 Å². The van der Waals surface area contributed by atoms with Gasteiger partial charge in [0.1, 0.15) is 6.04 Å². The Balaban J connectivity index is 2.52. The number of rotatable bonds is 7. The molecule has 0 aliphatic carbocycles. The number of aliphatic hydroxyl groups excluding tert-OH is 1. The van der Waals surface area contributed by atoms with Crippen molar-refractivity contribution < 1.29 is 19.8 Å². The molecule has 0 aliphatic heterocycles. The molecule has 0 fully saturated rings. The number of halogens is 1. The quantitative estimate of drug-likeness (QED) is 0.644. The van der Waals surface area contributed by atoms with Crippen molar-refractivity contribution in [2.75, 3.05) is 12.4 Å². The van der Waals surface area contributed by atoms with E-state index in [-0.39, 0.29) is 24.7 Å². The first-order valence-corrected chi connectivity index (χ1v) is 7.74. The predicted octanol–water partition coefficient (Wildman–Crippen LogP) is 1.80. The van der Waals surface area contributed by atoms with Gasteiger partial charge in [0.15, 0.2) is 0 Å². The standard InChI is InChI=1S/C13H16BrNO4S/c1-8-6-9(14)2-3-11(8)20-7-12(17)15-10(4-5-16)13(18)19/h2-3,6,10,16H,4-5,7H2,1H3,(H,15,17)(H,18,19)/t10-/m0/s1. The first-order valence-electron chi connectivity index (χ1n) is 5.96. The Labute approximate surface area is 129 Å². The molecule has 0 saturated carbocycles. The molecule has 0 aromatic heterocycles. The van der Waals surface area contributed by atoms with Gasteiger partial charge < -0.3 is 15.5 Å². The van der Waals surface area contributed by atoms with Crippen LogP contribution < -0.4 is 5.32 Å². The van der Waals surface area contributed by atoms with Gasteiger partial charge in [-0.05, 0) is 30.7 Å². The summed E-state index contributed by atoms with van der Waals surface area (Å²) in [6, 6.07) is 4.70. The summed E-state index contributed by atoms with van der Waals surface area (Å²) in [5.74, 6) is -1.37. The number of benzene rings is 1. The summed E-state index contributed by atoms with van der Waals surface area (Å²) >= 11 is 4.71. The topological polar surface area (TPSA) is 86.6 Å². The van der Waals surface area contributed by atoms with E-state index in [1.54, 1.807) is 0 Å². The van der Waals surface area contributed by atoms with E-state index in [4.69, 9.17) is 10.2 Å². The highest BCUT2D eigenvalue weighted by Gasteiger charge is 2.19. The molecular formula is C13H16BrNO4S. The molecule has 0 aliphatic rings. The molecule has 20 heavy (non-hydrogen) atoms. The number of thioether (sulfide) groups is 1. The van der Waals surface area contributed by atoms with E-state index in [0.717, 1.165) is 14.9 Å². The maximum atomic E-state index is 11.7. The van der Waals surface area contributed by atoms with Crippen LogP contribution >= 0.6 is 27.7 Å². The van der Waals surface area contributed by atoms with E-state index in [0.29, 0.717) is 0 Å². The average molecular weight is 362 g/mol. The third kappa shape index (κ3) is 5.52. The van der Waals surface area contributed by atoms with Crippen LogP contribution in [0.2, 0.25) is 0 Å². The number of hydrogen-bond donors (Lipinski definition) is 3. The first kappa shape index (κ1) is 17.0. The molecule has 1 amide bonds. The van der Waals surface area contributed by atoms with Crippen LogP contribution in [0.15, 0.2) is 27.6 Å². The van der Waals surface area contributed by atoms with Crippen molar-refractivity contribution in [1.29, 1.82) is 0 Å². The van der Waals surface area contributed by atoms with Crippen LogP contribution in [0.3, 0.4) is 0 Å². The van der Waals surface area contributed by atoms with Crippen molar-refractivity contribution in [2.24, 2.45) is 0 Å². The molecule has 0 radical (unpaired) electrons. The van der Waals surface area contributed by atoms with E-state index in [2.05, 4.69) is 21.2 Å². The second kappa shape index (κ2) is 8.28. The van der Waals surface area contributed by atoms with Crippen molar-refractivity contribution in [3.63, 3.8) is 0 Å². The summed E-state index contributed by atoms with van der Waals surface area (Å²) in [5.41, 5.74) is 1.04. The van der Waals surface area contributed by atoms with E-state index in [9.17, 15) is 9.59 Å². The molecule has 1 atom stereocenters. The van der Waals surface area contributed by atoms with Crippen LogP contribution in [0.4, 0.5) is 0 Å². The number of carbonyl (C=O) groups is 2. The van der Waals surface area contributed by atoms with Crippen LogP contribution in [0.25, 0.3) is 0 Å². The lowest BCUT2D eigenvalue weighted by atomic mass is 10.2. The van der Waals surface area contributed by atoms with Crippen LogP contribution in [0, 0.1) is 6.92 Å². The van der Waals surface area contributed by atoms with Crippen LogP contribution in [0.1, 0.15) is 12.0 Å². The van der Waals surface area contributed by atoms with E-state index < -0.39 is 12.0 Å². The zero-order chi connectivity index (χ0) is 15.1. The summed E-state index contributed by atoms with van der Waals surface area (Å²) in [7, 11) is 0. The van der Waals surface area contributed by atoms with Crippen molar-refractivity contribution in [3.05, 3.63) is 28.2 Å². The zero-order valence-corrected chi connectivity index (χ0v) is 13.3. The summed E-state index contributed by atoms with van der Waals surface area (Å²) in [4.78, 5) is 23.5. The normalized spacial score (nSPS) is 11.9. The number of carboxylic acids is 1. The highest BCUT2D eigenvalue weighted by Crippen LogP contribution is 2.25. The number of amides is 1. The molecule has 1 aromatic carbocycles. The fraction of sp³-hybridized carbons (Fsp3) is 0.385. The number of aliphatic carboxylic acids is 1. The molecule has 0 bridgehead atoms. The smallest absolute Gasteiger partial charge is 0.326 e. The Morgan fingerprint density at radius 3 is 2.70 bits per heavy atom. The Morgan fingerprint density at radius 1 is 1.45 bits per heavy atom. The second-order valence-corrected chi connectivity index (χ2v) is 6.10. The molecule has 3 N–H and O–H groups in total. The van der Waals surface area contributed by atoms with E-state index in [1.807, 2.05) is 25.1 Å². The van der Waals surface area contributed by atoms with E-state index >= 15 is 0 Å². The lowest BCUT2D eigenvalue weighted by molar-refractivity contribution is -0.141. The Kier molecular flexibility index (Phi) is 7.04. The van der Waals surface area contributed by atoms with Gasteiger partial charge in [0.05, 0.1) is 5.75 Å². The molecule has 0 unspecified atom stereocenters. The van der Waals surface area contributed by atoms with Gasteiger partial charge in [-0.25, -0.2) is 4.79 Å². The first-order chi connectivity index (χ1) is 9.43. The van der Waals surface area contributed by atoms with Crippen molar-refractivity contribution in [1.82, 2.24) is 5.32 Å². The molecule has 1 aromatic rings. The van der Waals surface area contributed by atoms with Gasteiger partial charge in [0, 0.05) is 22.4 Å². The molecular weight excluding hydrogens is 346 g/mol. The third-order valence-corrected chi connectivity index (χ3v) is 4.22. The highest BCUT2D eigenvalue weighted by molar-refractivity contribution is 9.10. The molecule has 0 heterocycles. The van der Waals surface area contributed by atoms with Crippen molar-refractivity contribution >= 4 is 39.6 Å². The summed E-state index contributed by atoms with van der Waals surface area (Å²) < 4.78 is 0.970. The molecule has 0 saturated heterocycles. The fourth-order valence-electron chi connectivity index (χ4n) is 1.54. The fourth-order valence-corrected chi connectivity index (χ4v) is 2.84. The lowest BCUT2D eigenvalue weighted by Crippen LogP contribution is -2.42. The number of aliphatic hydroxyl groups is 1. The van der Waals surface area contributed by atoms with Crippen LogP contribution in [-0.4, -0.2) is 40.5 Å². The summed E-state index contributed by atoms with van der Waals surface area (Å²) in [6.45, 7) is 1.66. The highest BCUT2D eigenvalue weighted by atomic mass is 79.9. The van der Waals surface area contributed by atoms with Gasteiger partial charge in [0.2, 0.25) is 5.91 Å². The number of hydrogen-bond acceptors (Lipinski definition) is 4.